The number of carbonyl (C=O) groups excluding carboxylic acids is 3. The predicted molar refractivity (Wildman–Crippen MR) is 96.7 cm³/mol. The molecule has 4 fully saturated rings. The predicted octanol–water partition coefficient (Wildman–Crippen LogP) is 2.42. The maximum atomic E-state index is 15.0. The Labute approximate surface area is 161 Å². The number of ether oxygens (including phenoxy) is 1. The quantitative estimate of drug-likeness (QED) is 0.750. The molecule has 2 saturated carbocycles. The Balaban J connectivity index is 1.43. The maximum Gasteiger partial charge on any atom is 0.332 e. The fourth-order valence-electron chi connectivity index (χ4n) is 4.62. The molecule has 7 nitrogen and oxygen atoms in total. The van der Waals surface area contributed by atoms with Gasteiger partial charge in [-0.25, -0.2) is 14.1 Å². The minimum atomic E-state index is -0.849. The van der Waals surface area contributed by atoms with Crippen molar-refractivity contribution in [1.82, 2.24) is 4.90 Å². The van der Waals surface area contributed by atoms with Gasteiger partial charge < -0.3 is 14.5 Å². The van der Waals surface area contributed by atoms with Gasteiger partial charge in [0.05, 0.1) is 11.4 Å². The van der Waals surface area contributed by atoms with Crippen LogP contribution in [0.3, 0.4) is 0 Å². The fraction of sp³-hybridized carbons (Fsp3) is 0.550. The van der Waals surface area contributed by atoms with E-state index < -0.39 is 29.4 Å². The Hall–Kier alpha value is -2.64. The molecule has 2 aliphatic carbocycles. The summed E-state index contributed by atoms with van der Waals surface area (Å²) in [7, 11) is 0. The SMILES string of the molecule is O=C1C2CCCN2C(=O)N1c1cc2c(cc1F)OC1(CC1)C(=O)N2CC1CC1. The second-order valence-corrected chi connectivity index (χ2v) is 8.53. The summed E-state index contributed by atoms with van der Waals surface area (Å²) in [6, 6.07) is 1.68. The third kappa shape index (κ3) is 2.11. The van der Waals surface area contributed by atoms with E-state index in [1.54, 1.807) is 4.90 Å². The number of halogens is 1. The van der Waals surface area contributed by atoms with Crippen molar-refractivity contribution < 1.29 is 23.5 Å². The van der Waals surface area contributed by atoms with E-state index in [9.17, 15) is 18.8 Å². The van der Waals surface area contributed by atoms with Gasteiger partial charge in [0.25, 0.3) is 11.8 Å². The molecule has 1 unspecified atom stereocenters. The Morgan fingerprint density at radius 1 is 1.11 bits per heavy atom. The molecule has 6 rings (SSSR count). The number of hydrogen-bond acceptors (Lipinski definition) is 4. The highest BCUT2D eigenvalue weighted by Crippen LogP contribution is 2.51. The number of benzene rings is 1. The van der Waals surface area contributed by atoms with Gasteiger partial charge in [-0.3, -0.25) is 9.59 Å². The molecule has 0 bridgehead atoms. The number of nitrogens with zero attached hydrogens (tertiary/aromatic N) is 3. The molecule has 0 N–H and O–H groups in total. The third-order valence-electron chi connectivity index (χ3n) is 6.54. The molecule has 4 amide bonds. The van der Waals surface area contributed by atoms with Crippen LogP contribution in [0.15, 0.2) is 12.1 Å². The zero-order chi connectivity index (χ0) is 19.2. The molecule has 0 radical (unpaired) electrons. The van der Waals surface area contributed by atoms with Crippen molar-refractivity contribution in [2.24, 2.45) is 5.92 Å². The number of hydrogen-bond donors (Lipinski definition) is 0. The second-order valence-electron chi connectivity index (χ2n) is 8.53. The molecule has 28 heavy (non-hydrogen) atoms. The van der Waals surface area contributed by atoms with E-state index in [4.69, 9.17) is 4.74 Å². The first-order chi connectivity index (χ1) is 13.5. The molecule has 8 heteroatoms. The molecule has 1 spiro atoms. The highest BCUT2D eigenvalue weighted by Gasteiger charge is 2.58. The van der Waals surface area contributed by atoms with Crippen molar-refractivity contribution in [2.75, 3.05) is 22.9 Å². The van der Waals surface area contributed by atoms with Gasteiger partial charge >= 0.3 is 6.03 Å². The van der Waals surface area contributed by atoms with Crippen molar-refractivity contribution in [3.63, 3.8) is 0 Å². The number of carbonyl (C=O) groups is 3. The van der Waals surface area contributed by atoms with E-state index >= 15 is 0 Å². The number of urea groups is 1. The van der Waals surface area contributed by atoms with Crippen molar-refractivity contribution in [3.8, 4) is 5.75 Å². The van der Waals surface area contributed by atoms with Crippen LogP contribution in [0.4, 0.5) is 20.6 Å². The Kier molecular flexibility index (Phi) is 3.06. The molecule has 1 atom stereocenters. The van der Waals surface area contributed by atoms with Gasteiger partial charge in [0.2, 0.25) is 0 Å². The summed E-state index contributed by atoms with van der Waals surface area (Å²) >= 11 is 0. The normalized spacial score (nSPS) is 27.4. The minimum Gasteiger partial charge on any atom is -0.475 e. The zero-order valence-electron chi connectivity index (χ0n) is 15.3. The van der Waals surface area contributed by atoms with Gasteiger partial charge in [0.1, 0.15) is 11.8 Å². The van der Waals surface area contributed by atoms with Gasteiger partial charge in [-0.2, -0.15) is 0 Å². The lowest BCUT2D eigenvalue weighted by atomic mass is 10.1. The standard InChI is InChI=1S/C20H20FN3O4/c21-12-8-16-15(23(10-11-3-4-11)18(26)20(28-16)5-6-20)9-14(12)24-17(25)13-2-1-7-22(13)19(24)27/h8-9,11,13H,1-7,10H2. The van der Waals surface area contributed by atoms with Crippen LogP contribution < -0.4 is 14.5 Å². The van der Waals surface area contributed by atoms with E-state index in [0.717, 1.165) is 24.2 Å². The highest BCUT2D eigenvalue weighted by molar-refractivity contribution is 6.22. The van der Waals surface area contributed by atoms with Gasteiger partial charge in [0.15, 0.2) is 11.4 Å². The first kappa shape index (κ1) is 16.3. The van der Waals surface area contributed by atoms with E-state index in [1.807, 2.05) is 0 Å². The number of anilines is 2. The van der Waals surface area contributed by atoms with Gasteiger partial charge in [-0.1, -0.05) is 0 Å². The molecule has 3 heterocycles. The average molecular weight is 385 g/mol. The summed E-state index contributed by atoms with van der Waals surface area (Å²) in [5.41, 5.74) is -0.483. The van der Waals surface area contributed by atoms with E-state index in [2.05, 4.69) is 0 Å². The number of imide groups is 1. The van der Waals surface area contributed by atoms with E-state index in [0.29, 0.717) is 49.7 Å². The molecule has 5 aliphatic rings. The summed E-state index contributed by atoms with van der Waals surface area (Å²) in [6.07, 6.45) is 4.79. The topological polar surface area (TPSA) is 70.2 Å². The summed E-state index contributed by atoms with van der Waals surface area (Å²) in [6.45, 7) is 1.08. The first-order valence-corrected chi connectivity index (χ1v) is 9.98. The smallest absolute Gasteiger partial charge is 0.332 e. The summed E-state index contributed by atoms with van der Waals surface area (Å²) in [4.78, 5) is 42.6. The van der Waals surface area contributed by atoms with Crippen LogP contribution in [0.25, 0.3) is 0 Å². The Morgan fingerprint density at radius 3 is 2.57 bits per heavy atom. The van der Waals surface area contributed by atoms with Crippen LogP contribution in [0, 0.1) is 11.7 Å². The first-order valence-electron chi connectivity index (χ1n) is 9.98. The monoisotopic (exact) mass is 385 g/mol. The van der Waals surface area contributed by atoms with Gasteiger partial charge in [0, 0.05) is 32.0 Å². The van der Waals surface area contributed by atoms with Crippen molar-refractivity contribution in [3.05, 3.63) is 17.9 Å². The molecule has 1 aromatic rings. The minimum absolute atomic E-state index is 0.0907. The maximum absolute atomic E-state index is 15.0. The van der Waals surface area contributed by atoms with Crippen molar-refractivity contribution >= 4 is 29.2 Å². The lowest BCUT2D eigenvalue weighted by Gasteiger charge is -2.35. The molecule has 146 valence electrons. The van der Waals surface area contributed by atoms with Crippen molar-refractivity contribution in [2.45, 2.75) is 50.2 Å². The fourth-order valence-corrected chi connectivity index (χ4v) is 4.62. The third-order valence-corrected chi connectivity index (χ3v) is 6.54. The van der Waals surface area contributed by atoms with Crippen molar-refractivity contribution in [1.29, 1.82) is 0 Å². The molecule has 2 saturated heterocycles. The Morgan fingerprint density at radius 2 is 1.89 bits per heavy atom. The van der Waals surface area contributed by atoms with Gasteiger partial charge in [-0.15, -0.1) is 0 Å². The molecule has 3 aliphatic heterocycles. The lowest BCUT2D eigenvalue weighted by Crippen LogP contribution is -2.48. The average Bonchev–Trinajstić information content (AvgIpc) is 3.57. The van der Waals surface area contributed by atoms with Crippen LogP contribution in [-0.2, 0) is 9.59 Å². The molecule has 1 aromatic carbocycles. The van der Waals surface area contributed by atoms with Gasteiger partial charge in [-0.05, 0) is 37.7 Å². The van der Waals surface area contributed by atoms with E-state index in [1.165, 1.54) is 17.0 Å². The number of fused-ring (bicyclic) bond motifs is 2. The van der Waals surface area contributed by atoms with E-state index in [-0.39, 0.29) is 11.6 Å². The Bertz CT molecular complexity index is 918. The van der Waals surface area contributed by atoms with Crippen LogP contribution in [0.5, 0.6) is 5.75 Å². The van der Waals surface area contributed by atoms with Crippen LogP contribution in [0.2, 0.25) is 0 Å². The molecule has 0 aromatic heterocycles. The van der Waals surface area contributed by atoms with Crippen LogP contribution >= 0.6 is 0 Å². The largest absolute Gasteiger partial charge is 0.475 e. The summed E-state index contributed by atoms with van der Waals surface area (Å²) in [5.74, 6) is -0.405. The summed E-state index contributed by atoms with van der Waals surface area (Å²) < 4.78 is 20.8. The molecular formula is C20H20FN3O4. The van der Waals surface area contributed by atoms with Crippen LogP contribution in [-0.4, -0.2) is 47.5 Å². The number of amides is 4. The zero-order valence-corrected chi connectivity index (χ0v) is 15.3. The molecular weight excluding hydrogens is 365 g/mol. The highest BCUT2D eigenvalue weighted by atomic mass is 19.1. The second kappa shape index (κ2) is 5.24. The van der Waals surface area contributed by atoms with Crippen LogP contribution in [0.1, 0.15) is 38.5 Å². The lowest BCUT2D eigenvalue weighted by molar-refractivity contribution is -0.128. The number of rotatable bonds is 3. The summed E-state index contributed by atoms with van der Waals surface area (Å²) in [5, 5.41) is 0.